The van der Waals surface area contributed by atoms with Crippen molar-refractivity contribution in [2.75, 3.05) is 5.32 Å². The molecule has 2 aromatic carbocycles. The van der Waals surface area contributed by atoms with Gasteiger partial charge in [-0.3, -0.25) is 4.79 Å². The van der Waals surface area contributed by atoms with E-state index in [1.165, 1.54) is 6.07 Å². The van der Waals surface area contributed by atoms with Gasteiger partial charge in [-0.05, 0) is 60.6 Å². The Hall–Kier alpha value is -2.42. The van der Waals surface area contributed by atoms with Crippen LogP contribution in [0.25, 0.3) is 0 Å². The number of carbonyl (C=O) groups excluding carboxylic acids is 1. The SMILES string of the molecule is C=C1CCc2cc(NC(=O)c3ccccc3CCC)c(F)cc2C1. The van der Waals surface area contributed by atoms with E-state index in [4.69, 9.17) is 0 Å². The Balaban J connectivity index is 1.86. The summed E-state index contributed by atoms with van der Waals surface area (Å²) < 4.78 is 14.4. The summed E-state index contributed by atoms with van der Waals surface area (Å²) in [5.74, 6) is -0.636. The summed E-state index contributed by atoms with van der Waals surface area (Å²) in [5, 5.41) is 2.75. The van der Waals surface area contributed by atoms with Crippen molar-refractivity contribution < 1.29 is 9.18 Å². The van der Waals surface area contributed by atoms with Gasteiger partial charge in [0.25, 0.3) is 5.91 Å². The van der Waals surface area contributed by atoms with Crippen molar-refractivity contribution in [2.45, 2.75) is 39.0 Å². The largest absolute Gasteiger partial charge is 0.319 e. The molecule has 3 rings (SSSR count). The Kier molecular flexibility index (Phi) is 4.79. The van der Waals surface area contributed by atoms with E-state index >= 15 is 0 Å². The van der Waals surface area contributed by atoms with Crippen molar-refractivity contribution in [2.24, 2.45) is 0 Å². The van der Waals surface area contributed by atoms with Gasteiger partial charge in [0.1, 0.15) is 5.82 Å². The van der Waals surface area contributed by atoms with Gasteiger partial charge in [-0.25, -0.2) is 4.39 Å². The summed E-state index contributed by atoms with van der Waals surface area (Å²) in [5.41, 5.74) is 5.08. The summed E-state index contributed by atoms with van der Waals surface area (Å²) in [6.07, 6.45) is 4.29. The zero-order chi connectivity index (χ0) is 17.1. The Labute approximate surface area is 142 Å². The fraction of sp³-hybridized carbons (Fsp3) is 0.286. The highest BCUT2D eigenvalue weighted by Crippen LogP contribution is 2.29. The van der Waals surface area contributed by atoms with Gasteiger partial charge in [-0.2, -0.15) is 0 Å². The quantitative estimate of drug-likeness (QED) is 0.782. The van der Waals surface area contributed by atoms with Crippen molar-refractivity contribution in [1.29, 1.82) is 0 Å². The first kappa shape index (κ1) is 16.4. The Morgan fingerprint density at radius 3 is 2.79 bits per heavy atom. The second-order valence-electron chi connectivity index (χ2n) is 6.39. The average molecular weight is 323 g/mol. The molecule has 1 N–H and O–H groups in total. The van der Waals surface area contributed by atoms with E-state index in [-0.39, 0.29) is 17.4 Å². The molecule has 0 aromatic heterocycles. The summed E-state index contributed by atoms with van der Waals surface area (Å²) in [6, 6.07) is 10.8. The fourth-order valence-electron chi connectivity index (χ4n) is 3.24. The number of fused-ring (bicyclic) bond motifs is 1. The van der Waals surface area contributed by atoms with Gasteiger partial charge in [0.05, 0.1) is 5.69 Å². The Morgan fingerprint density at radius 2 is 2.00 bits per heavy atom. The molecule has 0 aliphatic heterocycles. The van der Waals surface area contributed by atoms with E-state index in [1.54, 1.807) is 12.1 Å². The molecule has 0 fully saturated rings. The first-order valence-corrected chi connectivity index (χ1v) is 8.45. The zero-order valence-corrected chi connectivity index (χ0v) is 14.0. The van der Waals surface area contributed by atoms with Gasteiger partial charge in [0.15, 0.2) is 0 Å². The minimum Gasteiger partial charge on any atom is -0.319 e. The molecule has 0 saturated heterocycles. The predicted octanol–water partition coefficient (Wildman–Crippen LogP) is 5.08. The van der Waals surface area contributed by atoms with E-state index in [1.807, 2.05) is 18.2 Å². The molecule has 0 spiro atoms. The van der Waals surface area contributed by atoms with Crippen LogP contribution in [0.2, 0.25) is 0 Å². The summed E-state index contributed by atoms with van der Waals surface area (Å²) in [7, 11) is 0. The Bertz CT molecular complexity index is 794. The molecule has 0 radical (unpaired) electrons. The van der Waals surface area contributed by atoms with Gasteiger partial charge >= 0.3 is 0 Å². The molecule has 0 bridgehead atoms. The summed E-state index contributed by atoms with van der Waals surface area (Å²) in [6.45, 7) is 6.06. The molecule has 0 atom stereocenters. The number of hydrogen-bond acceptors (Lipinski definition) is 1. The third kappa shape index (κ3) is 3.40. The molecule has 2 aromatic rings. The monoisotopic (exact) mass is 323 g/mol. The molecule has 1 aliphatic rings. The number of allylic oxidation sites excluding steroid dienone is 1. The van der Waals surface area contributed by atoms with Crippen LogP contribution in [0, 0.1) is 5.82 Å². The first-order chi connectivity index (χ1) is 11.6. The van der Waals surface area contributed by atoms with Crippen molar-refractivity contribution in [3.63, 3.8) is 0 Å². The van der Waals surface area contributed by atoms with Crippen molar-refractivity contribution in [1.82, 2.24) is 0 Å². The number of halogens is 1. The lowest BCUT2D eigenvalue weighted by Crippen LogP contribution is -2.16. The average Bonchev–Trinajstić information content (AvgIpc) is 2.56. The smallest absolute Gasteiger partial charge is 0.256 e. The molecule has 0 saturated carbocycles. The van der Waals surface area contributed by atoms with E-state index < -0.39 is 0 Å². The Morgan fingerprint density at radius 1 is 1.21 bits per heavy atom. The molecule has 124 valence electrons. The molecule has 0 heterocycles. The molecule has 2 nitrogen and oxygen atoms in total. The van der Waals surface area contributed by atoms with Gasteiger partial charge in [-0.1, -0.05) is 43.7 Å². The zero-order valence-electron chi connectivity index (χ0n) is 14.0. The molecular weight excluding hydrogens is 301 g/mol. The maximum atomic E-state index is 14.4. The summed E-state index contributed by atoms with van der Waals surface area (Å²) >= 11 is 0. The van der Waals surface area contributed by atoms with Crippen molar-refractivity contribution in [3.05, 3.63) is 76.6 Å². The lowest BCUT2D eigenvalue weighted by Gasteiger charge is -2.19. The van der Waals surface area contributed by atoms with Crippen molar-refractivity contribution in [3.8, 4) is 0 Å². The van der Waals surface area contributed by atoms with Gasteiger partial charge in [0.2, 0.25) is 0 Å². The highest BCUT2D eigenvalue weighted by Gasteiger charge is 2.18. The van der Waals surface area contributed by atoms with Crippen LogP contribution in [0.5, 0.6) is 0 Å². The normalized spacial score (nSPS) is 13.5. The van der Waals surface area contributed by atoms with Gasteiger partial charge in [0, 0.05) is 5.56 Å². The number of nitrogens with one attached hydrogen (secondary N) is 1. The highest BCUT2D eigenvalue weighted by atomic mass is 19.1. The van der Waals surface area contributed by atoms with E-state index in [9.17, 15) is 9.18 Å². The number of amides is 1. The molecule has 3 heteroatoms. The number of anilines is 1. The van der Waals surface area contributed by atoms with E-state index in [0.717, 1.165) is 54.4 Å². The predicted molar refractivity (Wildman–Crippen MR) is 96.0 cm³/mol. The highest BCUT2D eigenvalue weighted by molar-refractivity contribution is 6.05. The lowest BCUT2D eigenvalue weighted by atomic mass is 9.88. The van der Waals surface area contributed by atoms with Crippen LogP contribution in [0.15, 0.2) is 48.6 Å². The second kappa shape index (κ2) is 7.00. The number of benzene rings is 2. The molecule has 0 unspecified atom stereocenters. The van der Waals surface area contributed by atoms with Crippen LogP contribution < -0.4 is 5.32 Å². The van der Waals surface area contributed by atoms with E-state index in [2.05, 4.69) is 18.8 Å². The van der Waals surface area contributed by atoms with Crippen molar-refractivity contribution >= 4 is 11.6 Å². The van der Waals surface area contributed by atoms with Crippen LogP contribution in [-0.4, -0.2) is 5.91 Å². The van der Waals surface area contributed by atoms with Crippen LogP contribution in [0.3, 0.4) is 0 Å². The third-order valence-corrected chi connectivity index (χ3v) is 4.51. The van der Waals surface area contributed by atoms with Crippen LogP contribution >= 0.6 is 0 Å². The van der Waals surface area contributed by atoms with E-state index in [0.29, 0.717) is 5.56 Å². The maximum absolute atomic E-state index is 14.4. The topological polar surface area (TPSA) is 29.1 Å². The maximum Gasteiger partial charge on any atom is 0.256 e. The van der Waals surface area contributed by atoms with Gasteiger partial charge < -0.3 is 5.32 Å². The molecule has 24 heavy (non-hydrogen) atoms. The molecule has 1 amide bonds. The second-order valence-corrected chi connectivity index (χ2v) is 6.39. The number of aryl methyl sites for hydroxylation is 2. The lowest BCUT2D eigenvalue weighted by molar-refractivity contribution is 0.102. The standard InChI is InChI=1S/C21H22FNO/c1-3-6-15-7-4-5-8-18(15)21(24)23-20-13-16-10-9-14(2)11-17(16)12-19(20)22/h4-5,7-8,12-13H,2-3,6,9-11H2,1H3,(H,23,24). The minimum atomic E-state index is -0.384. The van der Waals surface area contributed by atoms with Gasteiger partial charge in [-0.15, -0.1) is 0 Å². The number of rotatable bonds is 4. The number of carbonyl (C=O) groups is 1. The fourth-order valence-corrected chi connectivity index (χ4v) is 3.24. The van der Waals surface area contributed by atoms with Crippen LogP contribution in [0.4, 0.5) is 10.1 Å². The molecule has 1 aliphatic carbocycles. The molecular formula is C21H22FNO. The summed E-state index contributed by atoms with van der Waals surface area (Å²) in [4.78, 5) is 12.6. The third-order valence-electron chi connectivity index (χ3n) is 4.51. The minimum absolute atomic E-state index is 0.252. The van der Waals surface area contributed by atoms with Crippen LogP contribution in [-0.2, 0) is 19.3 Å². The van der Waals surface area contributed by atoms with Crippen LogP contribution in [0.1, 0.15) is 46.8 Å². The number of hydrogen-bond donors (Lipinski definition) is 1. The first-order valence-electron chi connectivity index (χ1n) is 8.45.